The topological polar surface area (TPSA) is 38.0 Å². The van der Waals surface area contributed by atoms with Crippen molar-refractivity contribution in [1.29, 1.82) is 0 Å². The van der Waals surface area contributed by atoms with Crippen molar-refractivity contribution in [3.05, 3.63) is 29.6 Å². The van der Waals surface area contributed by atoms with Gasteiger partial charge in [0.2, 0.25) is 0 Å². The highest BCUT2D eigenvalue weighted by atomic mass is 19.1. The van der Waals surface area contributed by atoms with Crippen LogP contribution in [-0.2, 0) is 0 Å². The fourth-order valence-corrected chi connectivity index (χ4v) is 1.32. The van der Waals surface area contributed by atoms with Gasteiger partial charge in [0.15, 0.2) is 0 Å². The number of rotatable bonds is 2. The molecule has 3 N–H and O–H groups in total. The summed E-state index contributed by atoms with van der Waals surface area (Å²) in [4.78, 5) is 0. The number of hydrogen-bond acceptors (Lipinski definition) is 2. The Bertz CT molecular complexity index is 295. The SMILES string of the molecule is NNc1ccc(C2CC2)cc1F. The Balaban J connectivity index is 2.30. The number of nitrogen functional groups attached to an aromatic ring is 1. The van der Waals surface area contributed by atoms with Gasteiger partial charge in [0.05, 0.1) is 5.69 Å². The van der Waals surface area contributed by atoms with Gasteiger partial charge in [-0.3, -0.25) is 5.84 Å². The number of nitrogens with one attached hydrogen (secondary N) is 1. The van der Waals surface area contributed by atoms with Crippen LogP contribution in [0.1, 0.15) is 24.3 Å². The fourth-order valence-electron chi connectivity index (χ4n) is 1.32. The van der Waals surface area contributed by atoms with E-state index in [0.717, 1.165) is 5.56 Å². The van der Waals surface area contributed by atoms with E-state index in [-0.39, 0.29) is 5.82 Å². The van der Waals surface area contributed by atoms with Gasteiger partial charge < -0.3 is 5.43 Å². The first-order valence-corrected chi connectivity index (χ1v) is 4.07. The Labute approximate surface area is 70.5 Å². The van der Waals surface area contributed by atoms with Gasteiger partial charge in [0.25, 0.3) is 0 Å². The van der Waals surface area contributed by atoms with Crippen molar-refractivity contribution in [2.45, 2.75) is 18.8 Å². The van der Waals surface area contributed by atoms with Crippen molar-refractivity contribution in [3.8, 4) is 0 Å². The molecule has 1 aliphatic carbocycles. The highest BCUT2D eigenvalue weighted by Gasteiger charge is 2.23. The molecule has 1 fully saturated rings. The molecule has 0 radical (unpaired) electrons. The van der Waals surface area contributed by atoms with Crippen molar-refractivity contribution in [3.63, 3.8) is 0 Å². The van der Waals surface area contributed by atoms with Crippen LogP contribution >= 0.6 is 0 Å². The van der Waals surface area contributed by atoms with Gasteiger partial charge in [-0.15, -0.1) is 0 Å². The molecular weight excluding hydrogens is 155 g/mol. The zero-order chi connectivity index (χ0) is 8.55. The summed E-state index contributed by atoms with van der Waals surface area (Å²) in [5.41, 5.74) is 3.76. The molecule has 0 aliphatic heterocycles. The van der Waals surface area contributed by atoms with Crippen LogP contribution in [0.15, 0.2) is 18.2 Å². The molecule has 0 aromatic heterocycles. The molecule has 0 atom stereocenters. The molecule has 0 unspecified atom stereocenters. The molecule has 0 saturated heterocycles. The number of anilines is 1. The van der Waals surface area contributed by atoms with Gasteiger partial charge >= 0.3 is 0 Å². The summed E-state index contributed by atoms with van der Waals surface area (Å²) in [6, 6.07) is 5.17. The molecule has 3 heteroatoms. The van der Waals surface area contributed by atoms with Gasteiger partial charge in [0.1, 0.15) is 5.82 Å². The normalized spacial score (nSPS) is 16.2. The monoisotopic (exact) mass is 166 g/mol. The minimum atomic E-state index is -0.262. The van der Waals surface area contributed by atoms with Crippen molar-refractivity contribution < 1.29 is 4.39 Å². The van der Waals surface area contributed by atoms with Crippen molar-refractivity contribution in [2.24, 2.45) is 5.84 Å². The molecule has 1 aliphatic rings. The smallest absolute Gasteiger partial charge is 0.147 e. The van der Waals surface area contributed by atoms with Gasteiger partial charge in [-0.1, -0.05) is 6.07 Å². The average molecular weight is 166 g/mol. The van der Waals surface area contributed by atoms with Crippen LogP contribution < -0.4 is 11.3 Å². The molecule has 0 heterocycles. The average Bonchev–Trinajstić information content (AvgIpc) is 2.86. The summed E-state index contributed by atoms with van der Waals surface area (Å²) in [6.45, 7) is 0. The quantitative estimate of drug-likeness (QED) is 0.521. The Morgan fingerprint density at radius 1 is 1.42 bits per heavy atom. The van der Waals surface area contributed by atoms with E-state index in [2.05, 4.69) is 5.43 Å². The molecule has 2 rings (SSSR count). The van der Waals surface area contributed by atoms with Crippen molar-refractivity contribution in [2.75, 3.05) is 5.43 Å². The predicted octanol–water partition coefficient (Wildman–Crippen LogP) is 1.99. The lowest BCUT2D eigenvalue weighted by Gasteiger charge is -2.03. The summed E-state index contributed by atoms with van der Waals surface area (Å²) < 4.78 is 13.1. The van der Waals surface area contributed by atoms with Crippen LogP contribution in [0, 0.1) is 5.82 Å². The van der Waals surface area contributed by atoms with Crippen LogP contribution in [-0.4, -0.2) is 0 Å². The molecule has 1 saturated carbocycles. The maximum absolute atomic E-state index is 13.1. The third kappa shape index (κ3) is 1.28. The molecule has 64 valence electrons. The Morgan fingerprint density at radius 3 is 2.67 bits per heavy atom. The summed E-state index contributed by atoms with van der Waals surface area (Å²) >= 11 is 0. The van der Waals surface area contributed by atoms with Crippen molar-refractivity contribution >= 4 is 5.69 Å². The Kier molecular flexibility index (Phi) is 1.73. The first kappa shape index (κ1) is 7.55. The first-order chi connectivity index (χ1) is 5.81. The zero-order valence-corrected chi connectivity index (χ0v) is 6.68. The number of hydrogen-bond donors (Lipinski definition) is 2. The van der Waals surface area contributed by atoms with Gasteiger partial charge in [-0.05, 0) is 36.5 Å². The lowest BCUT2D eigenvalue weighted by Crippen LogP contribution is -2.08. The molecule has 0 spiro atoms. The lowest BCUT2D eigenvalue weighted by molar-refractivity contribution is 0.628. The van der Waals surface area contributed by atoms with E-state index in [4.69, 9.17) is 5.84 Å². The molecular formula is C9H11FN2. The maximum atomic E-state index is 13.1. The van der Waals surface area contributed by atoms with Crippen LogP contribution in [0.25, 0.3) is 0 Å². The molecule has 2 nitrogen and oxygen atoms in total. The van der Waals surface area contributed by atoms with E-state index >= 15 is 0 Å². The van der Waals surface area contributed by atoms with Crippen molar-refractivity contribution in [1.82, 2.24) is 0 Å². The molecule has 1 aromatic carbocycles. The van der Waals surface area contributed by atoms with Gasteiger partial charge in [-0.2, -0.15) is 0 Å². The highest BCUT2D eigenvalue weighted by molar-refractivity contribution is 5.46. The van der Waals surface area contributed by atoms with E-state index in [0.29, 0.717) is 11.6 Å². The van der Waals surface area contributed by atoms with E-state index in [9.17, 15) is 4.39 Å². The standard InChI is InChI=1S/C9H11FN2/c10-8-5-7(6-1-2-6)3-4-9(8)12-11/h3-6,12H,1-2,11H2. The number of nitrogens with two attached hydrogens (primary N) is 1. The van der Waals surface area contributed by atoms with Crippen LogP contribution in [0.5, 0.6) is 0 Å². The number of benzene rings is 1. The summed E-state index contributed by atoms with van der Waals surface area (Å²) in [6.07, 6.45) is 2.38. The summed E-state index contributed by atoms with van der Waals surface area (Å²) in [5, 5.41) is 0. The molecule has 0 amide bonds. The Hall–Kier alpha value is -1.09. The van der Waals surface area contributed by atoms with Crippen LogP contribution in [0.2, 0.25) is 0 Å². The maximum Gasteiger partial charge on any atom is 0.147 e. The molecule has 1 aromatic rings. The Morgan fingerprint density at radius 2 is 2.17 bits per heavy atom. The largest absolute Gasteiger partial charge is 0.321 e. The number of hydrazine groups is 1. The second-order valence-corrected chi connectivity index (χ2v) is 3.16. The predicted molar refractivity (Wildman–Crippen MR) is 46.2 cm³/mol. The lowest BCUT2D eigenvalue weighted by atomic mass is 10.1. The van der Waals surface area contributed by atoms with Crippen LogP contribution in [0.3, 0.4) is 0 Å². The zero-order valence-electron chi connectivity index (χ0n) is 6.68. The van der Waals surface area contributed by atoms with Crippen LogP contribution in [0.4, 0.5) is 10.1 Å². The van der Waals surface area contributed by atoms with Gasteiger partial charge in [0, 0.05) is 0 Å². The fraction of sp³-hybridized carbons (Fsp3) is 0.333. The first-order valence-electron chi connectivity index (χ1n) is 4.07. The van der Waals surface area contributed by atoms with E-state index in [1.807, 2.05) is 6.07 Å². The summed E-state index contributed by atoms with van der Waals surface area (Å²) in [7, 11) is 0. The molecule has 12 heavy (non-hydrogen) atoms. The molecule has 0 bridgehead atoms. The van der Waals surface area contributed by atoms with Gasteiger partial charge in [-0.25, -0.2) is 4.39 Å². The highest BCUT2D eigenvalue weighted by Crippen LogP contribution is 2.40. The minimum Gasteiger partial charge on any atom is -0.321 e. The third-order valence-corrected chi connectivity index (χ3v) is 2.20. The second kappa shape index (κ2) is 2.75. The van der Waals surface area contributed by atoms with E-state index in [1.54, 1.807) is 12.1 Å². The van der Waals surface area contributed by atoms with E-state index in [1.165, 1.54) is 12.8 Å². The minimum absolute atomic E-state index is 0.262. The number of halogens is 1. The third-order valence-electron chi connectivity index (χ3n) is 2.20. The second-order valence-electron chi connectivity index (χ2n) is 3.16. The van der Waals surface area contributed by atoms with E-state index < -0.39 is 0 Å². The summed E-state index contributed by atoms with van der Waals surface area (Å²) in [5.74, 6) is 5.43.